The van der Waals surface area contributed by atoms with Gasteiger partial charge < -0.3 is 15.2 Å². The predicted octanol–water partition coefficient (Wildman–Crippen LogP) is 1.80. The molecule has 0 saturated heterocycles. The van der Waals surface area contributed by atoms with Crippen molar-refractivity contribution in [3.63, 3.8) is 0 Å². The molecule has 2 N–H and O–H groups in total. The van der Waals surface area contributed by atoms with Gasteiger partial charge in [0.25, 0.3) is 5.91 Å². The smallest absolute Gasteiger partial charge is 0.252 e. The van der Waals surface area contributed by atoms with Crippen molar-refractivity contribution in [2.24, 2.45) is 0 Å². The van der Waals surface area contributed by atoms with Gasteiger partial charge in [0.2, 0.25) is 0 Å². The summed E-state index contributed by atoms with van der Waals surface area (Å²) in [7, 11) is 4.02. The van der Waals surface area contributed by atoms with E-state index in [0.29, 0.717) is 17.8 Å². The summed E-state index contributed by atoms with van der Waals surface area (Å²) in [5, 5.41) is 2.86. The molecule has 1 aromatic carbocycles. The van der Waals surface area contributed by atoms with Crippen LogP contribution in [-0.2, 0) is 13.1 Å². The van der Waals surface area contributed by atoms with Crippen LogP contribution in [0.25, 0.3) is 11.3 Å². The number of amides is 1. The summed E-state index contributed by atoms with van der Waals surface area (Å²) in [6, 6.07) is 7.65. The number of aldehydes is 1. The average Bonchev–Trinajstić information content (AvgIpc) is 3.05. The Balaban J connectivity index is 2.14. The van der Waals surface area contributed by atoms with Crippen LogP contribution in [0.3, 0.4) is 0 Å². The topological polar surface area (TPSA) is 65.2 Å². The lowest BCUT2D eigenvalue weighted by molar-refractivity contribution is 0.0966. The van der Waals surface area contributed by atoms with Gasteiger partial charge in [-0.05, 0) is 43.4 Å². The molecule has 0 atom stereocenters. The van der Waals surface area contributed by atoms with Crippen molar-refractivity contribution < 1.29 is 9.59 Å². The molecule has 1 amide bonds. The van der Waals surface area contributed by atoms with Crippen LogP contribution in [0, 0.1) is 0 Å². The maximum Gasteiger partial charge on any atom is 0.252 e. The molecule has 108 valence electrons. The normalized spacial score (nSPS) is 13.4. The predicted molar refractivity (Wildman–Crippen MR) is 80.2 cm³/mol. The van der Waals surface area contributed by atoms with E-state index in [1.807, 2.05) is 26.2 Å². The summed E-state index contributed by atoms with van der Waals surface area (Å²) in [5.41, 5.74) is 5.02. The number of fused-ring (bicyclic) bond motifs is 1. The molecular formula is C16H17N3O2. The third-order valence-electron chi connectivity index (χ3n) is 3.57. The second-order valence-electron chi connectivity index (χ2n) is 5.54. The molecule has 0 aliphatic carbocycles. The molecule has 2 heterocycles. The van der Waals surface area contributed by atoms with Crippen molar-refractivity contribution in [2.45, 2.75) is 13.1 Å². The Kier molecular flexibility index (Phi) is 3.35. The maximum absolute atomic E-state index is 12.1. The van der Waals surface area contributed by atoms with Crippen LogP contribution in [0.5, 0.6) is 0 Å². The number of nitrogens with one attached hydrogen (secondary N) is 2. The molecule has 0 radical (unpaired) electrons. The maximum atomic E-state index is 12.1. The number of aromatic amines is 1. The largest absolute Gasteiger partial charge is 0.352 e. The third kappa shape index (κ3) is 2.48. The Morgan fingerprint density at radius 2 is 2.10 bits per heavy atom. The number of hydrogen-bond donors (Lipinski definition) is 2. The lowest BCUT2D eigenvalue weighted by Crippen LogP contribution is -2.13. The zero-order valence-corrected chi connectivity index (χ0v) is 12.1. The standard InChI is InChI=1S/C16H17N3O2/c1-19(2)8-10-5-11-7-17-16(21)15(11)13(6-10)14-4-3-12(9-20)18-14/h3-6,9,18H,7-8H2,1-2H3,(H,17,21). The number of benzene rings is 1. The molecule has 5 heteroatoms. The molecular weight excluding hydrogens is 266 g/mol. The molecule has 1 aliphatic heterocycles. The molecule has 0 fully saturated rings. The monoisotopic (exact) mass is 283 g/mol. The van der Waals surface area contributed by atoms with Gasteiger partial charge in [-0.1, -0.05) is 6.07 Å². The van der Waals surface area contributed by atoms with Crippen LogP contribution in [0.4, 0.5) is 0 Å². The molecule has 0 saturated carbocycles. The Hall–Kier alpha value is -2.40. The fourth-order valence-electron chi connectivity index (χ4n) is 2.75. The number of carbonyl (C=O) groups excluding carboxylic acids is 2. The van der Waals surface area contributed by atoms with E-state index < -0.39 is 0 Å². The fourth-order valence-corrected chi connectivity index (χ4v) is 2.75. The van der Waals surface area contributed by atoms with Crippen molar-refractivity contribution in [3.05, 3.63) is 46.6 Å². The highest BCUT2D eigenvalue weighted by Crippen LogP contribution is 2.30. The first-order chi connectivity index (χ1) is 10.1. The molecule has 3 rings (SSSR count). The summed E-state index contributed by atoms with van der Waals surface area (Å²) < 4.78 is 0. The van der Waals surface area contributed by atoms with Gasteiger partial charge in [0.05, 0.1) is 11.3 Å². The SMILES string of the molecule is CN(C)Cc1cc2c(c(-c3ccc(C=O)[nH]3)c1)C(=O)NC2. The van der Waals surface area contributed by atoms with Crippen LogP contribution >= 0.6 is 0 Å². The molecule has 0 bridgehead atoms. The van der Waals surface area contributed by atoms with Crippen LogP contribution in [-0.4, -0.2) is 36.2 Å². The lowest BCUT2D eigenvalue weighted by atomic mass is 9.97. The number of rotatable bonds is 4. The van der Waals surface area contributed by atoms with Crippen molar-refractivity contribution in [1.82, 2.24) is 15.2 Å². The van der Waals surface area contributed by atoms with E-state index >= 15 is 0 Å². The Bertz CT molecular complexity index is 716. The molecule has 1 aliphatic rings. The molecule has 1 aromatic heterocycles. The van der Waals surface area contributed by atoms with E-state index in [4.69, 9.17) is 0 Å². The van der Waals surface area contributed by atoms with Gasteiger partial charge in [-0.2, -0.15) is 0 Å². The van der Waals surface area contributed by atoms with Crippen LogP contribution in [0.2, 0.25) is 0 Å². The zero-order chi connectivity index (χ0) is 15.0. The van der Waals surface area contributed by atoms with Crippen molar-refractivity contribution in [1.29, 1.82) is 0 Å². The quantitative estimate of drug-likeness (QED) is 0.841. The highest BCUT2D eigenvalue weighted by Gasteiger charge is 2.24. The number of hydrogen-bond acceptors (Lipinski definition) is 3. The molecule has 2 aromatic rings. The second-order valence-corrected chi connectivity index (χ2v) is 5.54. The van der Waals surface area contributed by atoms with E-state index in [1.54, 1.807) is 6.07 Å². The highest BCUT2D eigenvalue weighted by atomic mass is 16.1. The summed E-state index contributed by atoms with van der Waals surface area (Å²) in [5.74, 6) is -0.0568. The number of aromatic nitrogens is 1. The molecule has 0 spiro atoms. The van der Waals surface area contributed by atoms with E-state index in [1.165, 1.54) is 0 Å². The van der Waals surface area contributed by atoms with Gasteiger partial charge in [-0.3, -0.25) is 9.59 Å². The van der Waals surface area contributed by atoms with Crippen LogP contribution < -0.4 is 5.32 Å². The minimum Gasteiger partial charge on any atom is -0.352 e. The Labute approximate surface area is 123 Å². The minimum absolute atomic E-state index is 0.0568. The number of carbonyl (C=O) groups is 2. The first kappa shape index (κ1) is 13.6. The summed E-state index contributed by atoms with van der Waals surface area (Å²) in [6.45, 7) is 1.36. The van der Waals surface area contributed by atoms with E-state index in [2.05, 4.69) is 21.3 Å². The first-order valence-electron chi connectivity index (χ1n) is 6.82. The van der Waals surface area contributed by atoms with Gasteiger partial charge in [0.1, 0.15) is 0 Å². The Morgan fingerprint density at radius 3 is 2.76 bits per heavy atom. The fraction of sp³-hybridized carbons (Fsp3) is 0.250. The third-order valence-corrected chi connectivity index (χ3v) is 3.57. The highest BCUT2D eigenvalue weighted by molar-refractivity contribution is 6.04. The molecule has 21 heavy (non-hydrogen) atoms. The van der Waals surface area contributed by atoms with Crippen LogP contribution in [0.1, 0.15) is 32.0 Å². The van der Waals surface area contributed by atoms with E-state index in [9.17, 15) is 9.59 Å². The van der Waals surface area contributed by atoms with E-state index in [0.717, 1.165) is 35.2 Å². The number of nitrogens with zero attached hydrogens (tertiary/aromatic N) is 1. The minimum atomic E-state index is -0.0568. The van der Waals surface area contributed by atoms with Gasteiger partial charge >= 0.3 is 0 Å². The zero-order valence-electron chi connectivity index (χ0n) is 12.1. The van der Waals surface area contributed by atoms with Gasteiger partial charge in [0, 0.05) is 24.3 Å². The second kappa shape index (κ2) is 5.18. The molecule has 0 unspecified atom stereocenters. The van der Waals surface area contributed by atoms with Gasteiger partial charge in [-0.25, -0.2) is 0 Å². The number of H-pyrrole nitrogens is 1. The summed E-state index contributed by atoms with van der Waals surface area (Å²) in [6.07, 6.45) is 0.771. The van der Waals surface area contributed by atoms with Crippen LogP contribution in [0.15, 0.2) is 24.3 Å². The lowest BCUT2D eigenvalue weighted by Gasteiger charge is -2.13. The Morgan fingerprint density at radius 1 is 1.29 bits per heavy atom. The van der Waals surface area contributed by atoms with Gasteiger partial charge in [0.15, 0.2) is 6.29 Å². The first-order valence-corrected chi connectivity index (χ1v) is 6.82. The summed E-state index contributed by atoms with van der Waals surface area (Å²) >= 11 is 0. The molecule has 5 nitrogen and oxygen atoms in total. The van der Waals surface area contributed by atoms with Crippen molar-refractivity contribution in [3.8, 4) is 11.3 Å². The van der Waals surface area contributed by atoms with E-state index in [-0.39, 0.29) is 5.91 Å². The average molecular weight is 283 g/mol. The van der Waals surface area contributed by atoms with Crippen molar-refractivity contribution in [2.75, 3.05) is 14.1 Å². The summed E-state index contributed by atoms with van der Waals surface area (Å²) in [4.78, 5) is 28.0. The van der Waals surface area contributed by atoms with Gasteiger partial charge in [-0.15, -0.1) is 0 Å². The van der Waals surface area contributed by atoms with Crippen molar-refractivity contribution >= 4 is 12.2 Å².